The summed E-state index contributed by atoms with van der Waals surface area (Å²) in [7, 11) is 0. The maximum Gasteiger partial charge on any atom is 0.407 e. The SMILES string of the molecule is CC1(C)CC(O)(CNC(=O)OC(C)(C)C)C1. The zero-order chi connectivity index (χ0) is 12.6. The van der Waals surface area contributed by atoms with Gasteiger partial charge in [-0.05, 0) is 39.0 Å². The van der Waals surface area contributed by atoms with Crippen molar-refractivity contribution in [3.8, 4) is 0 Å². The van der Waals surface area contributed by atoms with Crippen LogP contribution >= 0.6 is 0 Å². The Bertz CT molecular complexity index is 270. The van der Waals surface area contributed by atoms with E-state index in [1.807, 2.05) is 20.8 Å². The van der Waals surface area contributed by atoms with Gasteiger partial charge in [-0.1, -0.05) is 13.8 Å². The van der Waals surface area contributed by atoms with E-state index in [0.29, 0.717) is 0 Å². The molecule has 0 bridgehead atoms. The molecule has 4 heteroatoms. The lowest BCUT2D eigenvalue weighted by atomic mass is 9.61. The molecule has 0 aromatic heterocycles. The summed E-state index contributed by atoms with van der Waals surface area (Å²) in [6.07, 6.45) is 0.969. The highest BCUT2D eigenvalue weighted by molar-refractivity contribution is 5.67. The molecule has 0 atom stereocenters. The largest absolute Gasteiger partial charge is 0.444 e. The molecular weight excluding hydrogens is 206 g/mol. The van der Waals surface area contributed by atoms with Crippen LogP contribution in [-0.4, -0.2) is 28.9 Å². The van der Waals surface area contributed by atoms with Gasteiger partial charge in [0, 0.05) is 6.54 Å². The summed E-state index contributed by atoms with van der Waals surface area (Å²) in [4.78, 5) is 11.4. The minimum Gasteiger partial charge on any atom is -0.444 e. The number of hydrogen-bond donors (Lipinski definition) is 2. The van der Waals surface area contributed by atoms with Gasteiger partial charge in [0.1, 0.15) is 5.60 Å². The summed E-state index contributed by atoms with van der Waals surface area (Å²) in [5.74, 6) is 0. The maximum absolute atomic E-state index is 11.4. The summed E-state index contributed by atoms with van der Waals surface area (Å²) >= 11 is 0. The molecule has 0 saturated heterocycles. The molecule has 1 aliphatic rings. The van der Waals surface area contributed by atoms with Crippen LogP contribution in [0.4, 0.5) is 4.79 Å². The molecule has 1 fully saturated rings. The molecule has 1 amide bonds. The highest BCUT2D eigenvalue weighted by Gasteiger charge is 2.47. The van der Waals surface area contributed by atoms with Crippen molar-refractivity contribution in [2.24, 2.45) is 5.41 Å². The first kappa shape index (κ1) is 13.3. The Kier molecular flexibility index (Phi) is 3.25. The quantitative estimate of drug-likeness (QED) is 0.762. The van der Waals surface area contributed by atoms with Crippen molar-refractivity contribution in [3.05, 3.63) is 0 Å². The van der Waals surface area contributed by atoms with Crippen LogP contribution in [0.1, 0.15) is 47.5 Å². The Balaban J connectivity index is 2.28. The molecule has 0 radical (unpaired) electrons. The maximum atomic E-state index is 11.4. The van der Waals surface area contributed by atoms with Gasteiger partial charge in [-0.15, -0.1) is 0 Å². The second-order valence-corrected chi connectivity index (χ2v) is 6.60. The monoisotopic (exact) mass is 229 g/mol. The van der Waals surface area contributed by atoms with Crippen molar-refractivity contribution >= 4 is 6.09 Å². The molecule has 0 aromatic rings. The summed E-state index contributed by atoms with van der Waals surface area (Å²) in [6, 6.07) is 0. The fraction of sp³-hybridized carbons (Fsp3) is 0.917. The number of aliphatic hydroxyl groups is 1. The molecule has 94 valence electrons. The number of rotatable bonds is 2. The minimum absolute atomic E-state index is 0.185. The molecule has 0 spiro atoms. The van der Waals surface area contributed by atoms with E-state index >= 15 is 0 Å². The minimum atomic E-state index is -0.750. The molecule has 0 heterocycles. The van der Waals surface area contributed by atoms with Crippen molar-refractivity contribution < 1.29 is 14.6 Å². The van der Waals surface area contributed by atoms with E-state index in [4.69, 9.17) is 4.74 Å². The lowest BCUT2D eigenvalue weighted by Gasteiger charge is -2.49. The third-order valence-corrected chi connectivity index (χ3v) is 2.58. The summed E-state index contributed by atoms with van der Waals surface area (Å²) in [5.41, 5.74) is -1.06. The standard InChI is InChI=1S/C12H23NO3/c1-10(2,3)16-9(14)13-8-12(15)6-11(4,5)7-12/h15H,6-8H2,1-5H3,(H,13,14). The predicted octanol–water partition coefficient (Wildman–Crippen LogP) is 2.06. The molecule has 0 unspecified atom stereocenters. The van der Waals surface area contributed by atoms with Crippen LogP contribution in [0.25, 0.3) is 0 Å². The van der Waals surface area contributed by atoms with E-state index in [1.165, 1.54) is 0 Å². The summed E-state index contributed by atoms with van der Waals surface area (Å²) in [5, 5.41) is 12.6. The number of nitrogens with one attached hydrogen (secondary N) is 1. The average molecular weight is 229 g/mol. The van der Waals surface area contributed by atoms with E-state index in [-0.39, 0.29) is 12.0 Å². The summed E-state index contributed by atoms with van der Waals surface area (Å²) < 4.78 is 5.09. The first-order valence-corrected chi connectivity index (χ1v) is 5.71. The highest BCUT2D eigenvalue weighted by atomic mass is 16.6. The lowest BCUT2D eigenvalue weighted by Crippen LogP contribution is -2.56. The van der Waals surface area contributed by atoms with Crippen molar-refractivity contribution in [2.45, 2.75) is 58.7 Å². The van der Waals surface area contributed by atoms with E-state index in [1.54, 1.807) is 0 Å². The third-order valence-electron chi connectivity index (χ3n) is 2.58. The third kappa shape index (κ3) is 4.00. The molecule has 4 nitrogen and oxygen atoms in total. The van der Waals surface area contributed by atoms with Crippen molar-refractivity contribution in [2.75, 3.05) is 6.54 Å². The molecule has 0 aliphatic heterocycles. The molecule has 1 saturated carbocycles. The van der Waals surface area contributed by atoms with Gasteiger partial charge in [-0.3, -0.25) is 0 Å². The Morgan fingerprint density at radius 3 is 2.25 bits per heavy atom. The van der Waals surface area contributed by atoms with E-state index in [2.05, 4.69) is 19.2 Å². The summed E-state index contributed by atoms with van der Waals surface area (Å²) in [6.45, 7) is 9.92. The van der Waals surface area contributed by atoms with Crippen LogP contribution in [0.2, 0.25) is 0 Å². The number of hydrogen-bond acceptors (Lipinski definition) is 3. The van der Waals surface area contributed by atoms with Gasteiger partial charge < -0.3 is 15.2 Å². The van der Waals surface area contributed by atoms with Crippen LogP contribution in [0.5, 0.6) is 0 Å². The van der Waals surface area contributed by atoms with E-state index in [0.717, 1.165) is 12.8 Å². The Labute approximate surface area is 97.4 Å². The number of carbonyl (C=O) groups is 1. The van der Waals surface area contributed by atoms with Crippen LogP contribution in [0, 0.1) is 5.41 Å². The van der Waals surface area contributed by atoms with Crippen LogP contribution in [-0.2, 0) is 4.74 Å². The Hall–Kier alpha value is -0.770. The topological polar surface area (TPSA) is 58.6 Å². The van der Waals surface area contributed by atoms with Crippen LogP contribution in [0.15, 0.2) is 0 Å². The predicted molar refractivity (Wildman–Crippen MR) is 62.2 cm³/mol. The Morgan fingerprint density at radius 1 is 1.38 bits per heavy atom. The van der Waals surface area contributed by atoms with E-state index in [9.17, 15) is 9.90 Å². The zero-order valence-corrected chi connectivity index (χ0v) is 10.9. The highest BCUT2D eigenvalue weighted by Crippen LogP contribution is 2.47. The number of ether oxygens (including phenoxy) is 1. The normalized spacial score (nSPS) is 22.1. The Morgan fingerprint density at radius 2 is 1.88 bits per heavy atom. The van der Waals surface area contributed by atoms with Crippen molar-refractivity contribution in [3.63, 3.8) is 0 Å². The van der Waals surface area contributed by atoms with Crippen LogP contribution < -0.4 is 5.32 Å². The molecule has 0 aromatic carbocycles. The molecular formula is C12H23NO3. The van der Waals surface area contributed by atoms with Gasteiger partial charge in [0.15, 0.2) is 0 Å². The van der Waals surface area contributed by atoms with Crippen LogP contribution in [0.3, 0.4) is 0 Å². The number of amides is 1. The first-order valence-electron chi connectivity index (χ1n) is 5.71. The first-order chi connectivity index (χ1) is 7.02. The van der Waals surface area contributed by atoms with Crippen molar-refractivity contribution in [1.29, 1.82) is 0 Å². The second-order valence-electron chi connectivity index (χ2n) is 6.60. The number of alkyl carbamates (subject to hydrolysis) is 1. The van der Waals surface area contributed by atoms with Gasteiger partial charge in [0.2, 0.25) is 0 Å². The van der Waals surface area contributed by atoms with Gasteiger partial charge in [-0.25, -0.2) is 4.79 Å². The molecule has 1 aliphatic carbocycles. The van der Waals surface area contributed by atoms with Gasteiger partial charge in [0.25, 0.3) is 0 Å². The molecule has 16 heavy (non-hydrogen) atoms. The van der Waals surface area contributed by atoms with Gasteiger partial charge in [0.05, 0.1) is 5.60 Å². The second kappa shape index (κ2) is 3.91. The number of carbonyl (C=O) groups excluding carboxylic acids is 1. The lowest BCUT2D eigenvalue weighted by molar-refractivity contribution is -0.109. The van der Waals surface area contributed by atoms with Gasteiger partial charge >= 0.3 is 6.09 Å². The van der Waals surface area contributed by atoms with Crippen molar-refractivity contribution in [1.82, 2.24) is 5.32 Å². The smallest absolute Gasteiger partial charge is 0.407 e. The molecule has 1 rings (SSSR count). The fourth-order valence-corrected chi connectivity index (χ4v) is 2.41. The molecule has 2 N–H and O–H groups in total. The fourth-order valence-electron chi connectivity index (χ4n) is 2.41. The average Bonchev–Trinajstić information content (AvgIpc) is 1.93. The van der Waals surface area contributed by atoms with E-state index < -0.39 is 17.3 Å². The zero-order valence-electron chi connectivity index (χ0n) is 10.9. The van der Waals surface area contributed by atoms with Gasteiger partial charge in [-0.2, -0.15) is 0 Å².